The fourth-order valence-corrected chi connectivity index (χ4v) is 2.53. The van der Waals surface area contributed by atoms with Crippen LogP contribution >= 0.6 is 0 Å². The van der Waals surface area contributed by atoms with Crippen LogP contribution < -0.4 is 0 Å². The summed E-state index contributed by atoms with van der Waals surface area (Å²) < 4.78 is 12.4. The van der Waals surface area contributed by atoms with E-state index in [4.69, 9.17) is 9.40 Å². The lowest BCUT2D eigenvalue weighted by molar-refractivity contribution is 0.0563. The molecule has 0 N–H and O–H groups in total. The lowest BCUT2D eigenvalue weighted by atomic mass is 10.3. The number of esters is 1. The molecular weight excluding hydrogens is 294 g/mol. The molecule has 120 valence electrons. The highest BCUT2D eigenvalue weighted by atomic mass is 16.5. The molecule has 0 radical (unpaired) electrons. The van der Waals surface area contributed by atoms with Gasteiger partial charge in [-0.15, -0.1) is 0 Å². The van der Waals surface area contributed by atoms with Gasteiger partial charge in [0.05, 0.1) is 31.2 Å². The van der Waals surface area contributed by atoms with E-state index in [0.717, 1.165) is 23.4 Å². The van der Waals surface area contributed by atoms with E-state index in [-0.39, 0.29) is 5.76 Å². The second kappa shape index (κ2) is 6.26. The lowest BCUT2D eigenvalue weighted by Gasteiger charge is -2.11. The average molecular weight is 313 g/mol. The molecule has 0 unspecified atom stereocenters. The van der Waals surface area contributed by atoms with Crippen LogP contribution in [-0.4, -0.2) is 41.6 Å². The van der Waals surface area contributed by atoms with Crippen LogP contribution in [0.25, 0.3) is 11.0 Å². The molecule has 0 aliphatic rings. The van der Waals surface area contributed by atoms with E-state index >= 15 is 0 Å². The first kappa shape index (κ1) is 15.3. The molecule has 0 aliphatic carbocycles. The van der Waals surface area contributed by atoms with Gasteiger partial charge in [0, 0.05) is 0 Å². The summed E-state index contributed by atoms with van der Waals surface area (Å²) in [6.45, 7) is 1.24. The predicted molar refractivity (Wildman–Crippen MR) is 86.3 cm³/mol. The summed E-state index contributed by atoms with van der Waals surface area (Å²) in [4.78, 5) is 18.3. The minimum Gasteiger partial charge on any atom is -0.463 e. The van der Waals surface area contributed by atoms with Crippen molar-refractivity contribution >= 4 is 17.0 Å². The molecule has 6 heteroatoms. The number of nitrogens with zero attached hydrogens (tertiary/aromatic N) is 3. The van der Waals surface area contributed by atoms with Crippen LogP contribution in [0.15, 0.2) is 40.8 Å². The number of para-hydroxylation sites is 2. The number of carbonyl (C=O) groups excluding carboxylic acids is 1. The van der Waals surface area contributed by atoms with Crippen LogP contribution in [0.4, 0.5) is 0 Å². The standard InChI is InChI=1S/C17H19N3O3/c1-19(2)11-16-18-13-6-4-5-7-14(13)20(16)10-12-8-9-15(23-12)17(21)22-3/h4-9H,10-11H2,1-3H3. The summed E-state index contributed by atoms with van der Waals surface area (Å²) >= 11 is 0. The molecular formula is C17H19N3O3. The monoisotopic (exact) mass is 313 g/mol. The Balaban J connectivity index is 1.97. The summed E-state index contributed by atoms with van der Waals surface area (Å²) in [5.74, 6) is 1.38. The number of methoxy groups -OCH3 is 1. The molecule has 0 fully saturated rings. The van der Waals surface area contributed by atoms with Gasteiger partial charge in [0.2, 0.25) is 5.76 Å². The van der Waals surface area contributed by atoms with Crippen molar-refractivity contribution in [1.82, 2.24) is 14.5 Å². The van der Waals surface area contributed by atoms with Gasteiger partial charge < -0.3 is 18.6 Å². The summed E-state index contributed by atoms with van der Waals surface area (Å²) in [6.07, 6.45) is 0. The third-order valence-corrected chi connectivity index (χ3v) is 3.55. The molecule has 0 amide bonds. The molecule has 23 heavy (non-hydrogen) atoms. The minimum atomic E-state index is -0.472. The second-order valence-electron chi connectivity index (χ2n) is 5.60. The maximum atomic E-state index is 11.5. The van der Waals surface area contributed by atoms with Gasteiger partial charge in [-0.1, -0.05) is 12.1 Å². The smallest absolute Gasteiger partial charge is 0.373 e. The Morgan fingerprint density at radius 1 is 1.26 bits per heavy atom. The predicted octanol–water partition coefficient (Wildman–Crippen LogP) is 2.53. The topological polar surface area (TPSA) is 60.5 Å². The van der Waals surface area contributed by atoms with E-state index in [1.807, 2.05) is 38.4 Å². The Bertz CT molecular complexity index is 833. The van der Waals surface area contributed by atoms with Crippen molar-refractivity contribution in [3.63, 3.8) is 0 Å². The van der Waals surface area contributed by atoms with E-state index in [1.165, 1.54) is 7.11 Å². The van der Waals surface area contributed by atoms with Crippen LogP contribution in [0.2, 0.25) is 0 Å². The molecule has 1 aromatic carbocycles. The molecule has 3 aromatic rings. The molecule has 2 aromatic heterocycles. The van der Waals surface area contributed by atoms with Gasteiger partial charge in [-0.3, -0.25) is 0 Å². The number of hydrogen-bond donors (Lipinski definition) is 0. The highest BCUT2D eigenvalue weighted by Gasteiger charge is 2.15. The molecule has 2 heterocycles. The largest absolute Gasteiger partial charge is 0.463 e. The number of aromatic nitrogens is 2. The van der Waals surface area contributed by atoms with Crippen molar-refractivity contribution in [3.8, 4) is 0 Å². The van der Waals surface area contributed by atoms with Crippen molar-refractivity contribution in [1.29, 1.82) is 0 Å². The zero-order valence-electron chi connectivity index (χ0n) is 13.4. The number of ether oxygens (including phenoxy) is 1. The van der Waals surface area contributed by atoms with Crippen molar-refractivity contribution in [2.75, 3.05) is 21.2 Å². The Morgan fingerprint density at radius 2 is 2.04 bits per heavy atom. The number of carbonyl (C=O) groups is 1. The van der Waals surface area contributed by atoms with Gasteiger partial charge in [-0.2, -0.15) is 0 Å². The summed E-state index contributed by atoms with van der Waals surface area (Å²) in [6, 6.07) is 11.4. The quantitative estimate of drug-likeness (QED) is 0.677. The molecule has 0 bridgehead atoms. The highest BCUT2D eigenvalue weighted by molar-refractivity contribution is 5.86. The van der Waals surface area contributed by atoms with E-state index in [1.54, 1.807) is 12.1 Å². The van der Waals surface area contributed by atoms with Crippen molar-refractivity contribution < 1.29 is 13.9 Å². The lowest BCUT2D eigenvalue weighted by Crippen LogP contribution is -2.16. The van der Waals surface area contributed by atoms with Crippen LogP contribution in [-0.2, 0) is 17.8 Å². The number of benzene rings is 1. The van der Waals surface area contributed by atoms with Crippen LogP contribution in [0, 0.1) is 0 Å². The van der Waals surface area contributed by atoms with Gasteiger partial charge in [0.25, 0.3) is 0 Å². The van der Waals surface area contributed by atoms with Gasteiger partial charge in [0.15, 0.2) is 0 Å². The number of fused-ring (bicyclic) bond motifs is 1. The Kier molecular flexibility index (Phi) is 4.16. The highest BCUT2D eigenvalue weighted by Crippen LogP contribution is 2.20. The fraction of sp³-hybridized carbons (Fsp3) is 0.294. The van der Waals surface area contributed by atoms with Crippen molar-refractivity contribution in [2.24, 2.45) is 0 Å². The summed E-state index contributed by atoms with van der Waals surface area (Å²) in [5.41, 5.74) is 1.99. The third-order valence-electron chi connectivity index (χ3n) is 3.55. The van der Waals surface area contributed by atoms with Crippen molar-refractivity contribution in [3.05, 3.63) is 53.7 Å². The molecule has 0 saturated heterocycles. The molecule has 0 spiro atoms. The third kappa shape index (κ3) is 3.12. The summed E-state index contributed by atoms with van der Waals surface area (Å²) in [7, 11) is 5.35. The van der Waals surface area contributed by atoms with E-state index < -0.39 is 5.97 Å². The van der Waals surface area contributed by atoms with Crippen LogP contribution in [0.3, 0.4) is 0 Å². The number of furan rings is 1. The maximum Gasteiger partial charge on any atom is 0.373 e. The average Bonchev–Trinajstić information content (AvgIpc) is 3.12. The van der Waals surface area contributed by atoms with E-state index in [0.29, 0.717) is 12.3 Å². The Hall–Kier alpha value is -2.60. The zero-order valence-corrected chi connectivity index (χ0v) is 13.4. The summed E-state index contributed by atoms with van der Waals surface area (Å²) in [5, 5.41) is 0. The Morgan fingerprint density at radius 3 is 2.78 bits per heavy atom. The van der Waals surface area contributed by atoms with Crippen LogP contribution in [0.1, 0.15) is 22.1 Å². The van der Waals surface area contributed by atoms with Gasteiger partial charge >= 0.3 is 5.97 Å². The van der Waals surface area contributed by atoms with Crippen LogP contribution in [0.5, 0.6) is 0 Å². The number of imidazole rings is 1. The molecule has 0 atom stereocenters. The molecule has 3 rings (SSSR count). The zero-order chi connectivity index (χ0) is 16.4. The van der Waals surface area contributed by atoms with E-state index in [9.17, 15) is 4.79 Å². The molecule has 6 nitrogen and oxygen atoms in total. The first-order valence-electron chi connectivity index (χ1n) is 7.34. The fourth-order valence-electron chi connectivity index (χ4n) is 2.53. The minimum absolute atomic E-state index is 0.209. The Labute approximate surface area is 134 Å². The van der Waals surface area contributed by atoms with Gasteiger partial charge in [0.1, 0.15) is 11.6 Å². The molecule has 0 saturated carbocycles. The maximum absolute atomic E-state index is 11.5. The number of hydrogen-bond acceptors (Lipinski definition) is 5. The van der Waals surface area contributed by atoms with Gasteiger partial charge in [-0.25, -0.2) is 9.78 Å². The molecule has 0 aliphatic heterocycles. The number of rotatable bonds is 5. The van der Waals surface area contributed by atoms with Crippen molar-refractivity contribution in [2.45, 2.75) is 13.1 Å². The second-order valence-corrected chi connectivity index (χ2v) is 5.60. The first-order chi connectivity index (χ1) is 11.1. The first-order valence-corrected chi connectivity index (χ1v) is 7.34. The van der Waals surface area contributed by atoms with Gasteiger partial charge in [-0.05, 0) is 38.4 Å². The SMILES string of the molecule is COC(=O)c1ccc(Cn2c(CN(C)C)nc3ccccc32)o1. The normalized spacial score (nSPS) is 11.3. The van der Waals surface area contributed by atoms with E-state index in [2.05, 4.69) is 14.2 Å².